The highest BCUT2D eigenvalue weighted by atomic mass is 127. The van der Waals surface area contributed by atoms with Crippen molar-refractivity contribution in [3.05, 3.63) is 35.9 Å². The molecule has 1 unspecified atom stereocenters. The number of rotatable bonds is 3. The van der Waals surface area contributed by atoms with E-state index in [1.165, 1.54) is 0 Å². The molecule has 0 amide bonds. The third kappa shape index (κ3) is 3.96. The fourth-order valence-corrected chi connectivity index (χ4v) is 2.79. The van der Waals surface area contributed by atoms with Gasteiger partial charge in [-0.2, -0.15) is 0 Å². The van der Waals surface area contributed by atoms with Crippen molar-refractivity contribution in [3.8, 4) is 0 Å². The molecule has 1 heterocycles. The smallest absolute Gasteiger partial charge is 0.310 e. The van der Waals surface area contributed by atoms with Gasteiger partial charge in [0.15, 0.2) is 0 Å². The van der Waals surface area contributed by atoms with Crippen molar-refractivity contribution >= 4 is 28.8 Å². The Balaban J connectivity index is 1.81. The first-order valence-corrected chi connectivity index (χ1v) is 6.83. The standard InChI is InChI=1S/C13H16INO2/c14-15-8-4-7-12(9-15)13(16)17-10-11-5-2-1-3-6-11/h1-3,5-6,12H,4,7-10H2. The molecule has 0 N–H and O–H groups in total. The van der Waals surface area contributed by atoms with Gasteiger partial charge in [0.05, 0.1) is 5.92 Å². The van der Waals surface area contributed by atoms with Gasteiger partial charge in [0.25, 0.3) is 0 Å². The van der Waals surface area contributed by atoms with Crippen molar-refractivity contribution in [2.45, 2.75) is 19.4 Å². The van der Waals surface area contributed by atoms with Crippen LogP contribution in [0.5, 0.6) is 0 Å². The third-order valence-corrected chi connectivity index (χ3v) is 3.81. The van der Waals surface area contributed by atoms with E-state index in [0.29, 0.717) is 6.61 Å². The molecule has 1 aliphatic heterocycles. The second kappa shape index (κ2) is 6.35. The fraction of sp³-hybridized carbons (Fsp3) is 0.462. The first-order valence-electron chi connectivity index (χ1n) is 5.87. The topological polar surface area (TPSA) is 29.5 Å². The van der Waals surface area contributed by atoms with E-state index in [-0.39, 0.29) is 11.9 Å². The minimum Gasteiger partial charge on any atom is -0.461 e. The van der Waals surface area contributed by atoms with Crippen LogP contribution in [0.4, 0.5) is 0 Å². The Morgan fingerprint density at radius 1 is 1.41 bits per heavy atom. The zero-order valence-electron chi connectivity index (χ0n) is 9.64. The van der Waals surface area contributed by atoms with Crippen molar-refractivity contribution in [2.75, 3.05) is 13.1 Å². The van der Waals surface area contributed by atoms with Crippen molar-refractivity contribution < 1.29 is 9.53 Å². The predicted molar refractivity (Wildman–Crippen MR) is 74.6 cm³/mol. The summed E-state index contributed by atoms with van der Waals surface area (Å²) >= 11 is 2.27. The Kier molecular flexibility index (Phi) is 4.79. The molecule has 0 saturated carbocycles. The van der Waals surface area contributed by atoms with E-state index in [9.17, 15) is 4.79 Å². The molecule has 1 atom stereocenters. The van der Waals surface area contributed by atoms with Gasteiger partial charge in [-0.1, -0.05) is 30.3 Å². The van der Waals surface area contributed by atoms with E-state index in [0.717, 1.165) is 31.5 Å². The van der Waals surface area contributed by atoms with Gasteiger partial charge in [0, 0.05) is 36.0 Å². The lowest BCUT2D eigenvalue weighted by Gasteiger charge is -2.26. The fourth-order valence-electron chi connectivity index (χ4n) is 1.97. The highest BCUT2D eigenvalue weighted by Crippen LogP contribution is 2.20. The van der Waals surface area contributed by atoms with Gasteiger partial charge < -0.3 is 4.74 Å². The van der Waals surface area contributed by atoms with Crippen LogP contribution in [0, 0.1) is 5.92 Å². The molecule has 4 heteroatoms. The van der Waals surface area contributed by atoms with Crippen LogP contribution in [-0.4, -0.2) is 22.2 Å². The molecule has 0 bridgehead atoms. The molecule has 0 radical (unpaired) electrons. The van der Waals surface area contributed by atoms with E-state index >= 15 is 0 Å². The van der Waals surface area contributed by atoms with E-state index in [4.69, 9.17) is 4.74 Å². The van der Waals surface area contributed by atoms with Crippen molar-refractivity contribution in [1.29, 1.82) is 0 Å². The van der Waals surface area contributed by atoms with E-state index < -0.39 is 0 Å². The summed E-state index contributed by atoms with van der Waals surface area (Å²) in [7, 11) is 0. The van der Waals surface area contributed by atoms with Crippen molar-refractivity contribution in [1.82, 2.24) is 3.11 Å². The molecule has 1 aromatic carbocycles. The Morgan fingerprint density at radius 2 is 2.18 bits per heavy atom. The van der Waals surface area contributed by atoms with Crippen molar-refractivity contribution in [2.24, 2.45) is 5.92 Å². The number of esters is 1. The molecule has 1 aliphatic rings. The number of piperidine rings is 1. The van der Waals surface area contributed by atoms with Crippen LogP contribution in [0.1, 0.15) is 18.4 Å². The van der Waals surface area contributed by atoms with Gasteiger partial charge in [-0.25, -0.2) is 3.11 Å². The van der Waals surface area contributed by atoms with E-state index in [1.807, 2.05) is 30.3 Å². The highest BCUT2D eigenvalue weighted by Gasteiger charge is 2.25. The van der Waals surface area contributed by atoms with Gasteiger partial charge in [0.2, 0.25) is 0 Å². The van der Waals surface area contributed by atoms with Gasteiger partial charge in [-0.3, -0.25) is 4.79 Å². The van der Waals surface area contributed by atoms with Crippen molar-refractivity contribution in [3.63, 3.8) is 0 Å². The molecule has 1 fully saturated rings. The Hall–Kier alpha value is -0.620. The summed E-state index contributed by atoms with van der Waals surface area (Å²) in [6.45, 7) is 2.27. The summed E-state index contributed by atoms with van der Waals surface area (Å²) in [6, 6.07) is 9.81. The second-order valence-corrected chi connectivity index (χ2v) is 5.67. The molecule has 1 aromatic rings. The SMILES string of the molecule is O=C(OCc1ccccc1)C1CCCN(I)C1. The number of nitrogens with zero attached hydrogens (tertiary/aromatic N) is 1. The average molecular weight is 345 g/mol. The Labute approximate surface area is 116 Å². The summed E-state index contributed by atoms with van der Waals surface area (Å²) in [5, 5.41) is 0. The zero-order chi connectivity index (χ0) is 12.1. The monoisotopic (exact) mass is 345 g/mol. The zero-order valence-corrected chi connectivity index (χ0v) is 11.8. The van der Waals surface area contributed by atoms with Crippen LogP contribution >= 0.6 is 22.9 Å². The molecular formula is C13H16INO2. The molecule has 1 saturated heterocycles. The lowest BCUT2D eigenvalue weighted by atomic mass is 10.0. The number of ether oxygens (including phenoxy) is 1. The minimum absolute atomic E-state index is 0.0457. The van der Waals surface area contributed by atoms with Gasteiger partial charge >= 0.3 is 5.97 Å². The number of hydrogen-bond acceptors (Lipinski definition) is 3. The summed E-state index contributed by atoms with van der Waals surface area (Å²) in [6.07, 6.45) is 2.03. The first-order chi connectivity index (χ1) is 8.25. The normalized spacial score (nSPS) is 21.1. The molecular weight excluding hydrogens is 329 g/mol. The van der Waals surface area contributed by atoms with Crippen LogP contribution < -0.4 is 0 Å². The quantitative estimate of drug-likeness (QED) is 0.479. The molecule has 17 heavy (non-hydrogen) atoms. The number of hydrogen-bond donors (Lipinski definition) is 0. The molecule has 2 rings (SSSR count). The van der Waals surface area contributed by atoms with Crippen LogP contribution in [0.2, 0.25) is 0 Å². The second-order valence-electron chi connectivity index (χ2n) is 4.30. The maximum atomic E-state index is 11.9. The lowest BCUT2D eigenvalue weighted by Crippen LogP contribution is -2.33. The average Bonchev–Trinajstić information content (AvgIpc) is 2.37. The number of halogens is 1. The molecule has 3 nitrogen and oxygen atoms in total. The number of benzene rings is 1. The molecule has 92 valence electrons. The number of carbonyl (C=O) groups excluding carboxylic acids is 1. The maximum absolute atomic E-state index is 11.9. The maximum Gasteiger partial charge on any atom is 0.310 e. The molecule has 0 aliphatic carbocycles. The Morgan fingerprint density at radius 3 is 2.88 bits per heavy atom. The minimum atomic E-state index is -0.0600. The van der Waals surface area contributed by atoms with Crippen LogP contribution in [-0.2, 0) is 16.1 Å². The lowest BCUT2D eigenvalue weighted by molar-refractivity contribution is -0.151. The molecule has 0 spiro atoms. The van der Waals surface area contributed by atoms with E-state index in [1.54, 1.807) is 0 Å². The van der Waals surface area contributed by atoms with Gasteiger partial charge in [-0.05, 0) is 18.4 Å². The predicted octanol–water partition coefficient (Wildman–Crippen LogP) is 2.79. The van der Waals surface area contributed by atoms with Crippen LogP contribution in [0.3, 0.4) is 0 Å². The summed E-state index contributed by atoms with van der Waals surface area (Å²) in [5.74, 6) is -0.0143. The summed E-state index contributed by atoms with van der Waals surface area (Å²) in [5.41, 5.74) is 1.04. The summed E-state index contributed by atoms with van der Waals surface area (Å²) in [4.78, 5) is 11.9. The Bertz CT molecular complexity index is 369. The first kappa shape index (κ1) is 12.8. The van der Waals surface area contributed by atoms with Crippen LogP contribution in [0.25, 0.3) is 0 Å². The van der Waals surface area contributed by atoms with Gasteiger partial charge in [0.1, 0.15) is 6.61 Å². The molecule has 0 aromatic heterocycles. The van der Waals surface area contributed by atoms with Crippen LogP contribution in [0.15, 0.2) is 30.3 Å². The number of carbonyl (C=O) groups is 1. The van der Waals surface area contributed by atoms with E-state index in [2.05, 4.69) is 26.0 Å². The summed E-state index contributed by atoms with van der Waals surface area (Å²) < 4.78 is 7.51. The van der Waals surface area contributed by atoms with Gasteiger partial charge in [-0.15, -0.1) is 0 Å². The largest absolute Gasteiger partial charge is 0.461 e. The highest BCUT2D eigenvalue weighted by molar-refractivity contribution is 14.1. The third-order valence-electron chi connectivity index (χ3n) is 2.93.